The molecule has 3 rings (SSSR count). The second kappa shape index (κ2) is 5.88. The first-order chi connectivity index (χ1) is 9.64. The predicted octanol–water partition coefficient (Wildman–Crippen LogP) is 4.23. The molecule has 2 saturated heterocycles. The van der Waals surface area contributed by atoms with E-state index >= 15 is 0 Å². The summed E-state index contributed by atoms with van der Waals surface area (Å²) >= 11 is 2.09. The average molecular weight is 290 g/mol. The van der Waals surface area contributed by atoms with E-state index < -0.39 is 0 Å². The lowest BCUT2D eigenvalue weighted by atomic mass is 9.87. The van der Waals surface area contributed by atoms with Gasteiger partial charge >= 0.3 is 0 Å². The van der Waals surface area contributed by atoms with Crippen molar-refractivity contribution < 1.29 is 0 Å². The van der Waals surface area contributed by atoms with E-state index in [-0.39, 0.29) is 0 Å². The fourth-order valence-corrected chi connectivity index (χ4v) is 4.68. The van der Waals surface area contributed by atoms with Gasteiger partial charge in [-0.15, -0.1) is 0 Å². The number of anilines is 2. The molecular weight excluding hydrogens is 264 g/mol. The molecule has 2 heterocycles. The van der Waals surface area contributed by atoms with E-state index in [2.05, 4.69) is 60.1 Å². The molecule has 2 fully saturated rings. The molecule has 1 N–H and O–H groups in total. The zero-order valence-electron chi connectivity index (χ0n) is 12.7. The van der Waals surface area contributed by atoms with Crippen LogP contribution < -0.4 is 10.2 Å². The first-order valence-electron chi connectivity index (χ1n) is 7.82. The maximum absolute atomic E-state index is 3.82. The Hall–Kier alpha value is -0.830. The van der Waals surface area contributed by atoms with Crippen LogP contribution >= 0.6 is 11.8 Å². The second-order valence-corrected chi connectivity index (χ2v) is 7.97. The average Bonchev–Trinajstić information content (AvgIpc) is 2.92. The van der Waals surface area contributed by atoms with Gasteiger partial charge in [0, 0.05) is 24.9 Å². The van der Waals surface area contributed by atoms with Gasteiger partial charge in [-0.05, 0) is 42.6 Å². The third kappa shape index (κ3) is 3.25. The summed E-state index contributed by atoms with van der Waals surface area (Å²) in [5.41, 5.74) is 3.19. The largest absolute Gasteiger partial charge is 0.380 e. The number of hydrogen-bond acceptors (Lipinski definition) is 3. The molecule has 2 nitrogen and oxygen atoms in total. The smallest absolute Gasteiger partial charge is 0.0602 e. The van der Waals surface area contributed by atoms with Gasteiger partial charge in [-0.3, -0.25) is 0 Å². The first-order valence-corrected chi connectivity index (χ1v) is 8.98. The molecule has 0 radical (unpaired) electrons. The zero-order valence-corrected chi connectivity index (χ0v) is 13.5. The Morgan fingerprint density at radius 3 is 2.70 bits per heavy atom. The lowest BCUT2D eigenvalue weighted by Gasteiger charge is -2.36. The highest BCUT2D eigenvalue weighted by atomic mass is 32.2. The van der Waals surface area contributed by atoms with E-state index in [1.54, 1.807) is 0 Å². The first kappa shape index (κ1) is 14.1. The van der Waals surface area contributed by atoms with E-state index in [0.29, 0.717) is 11.5 Å². The number of benzene rings is 1. The summed E-state index contributed by atoms with van der Waals surface area (Å²) in [6.45, 7) is 7.20. The normalized spacial score (nSPS) is 25.7. The summed E-state index contributed by atoms with van der Waals surface area (Å²) < 4.78 is 0. The molecule has 0 aliphatic carbocycles. The van der Waals surface area contributed by atoms with Gasteiger partial charge < -0.3 is 10.2 Å². The monoisotopic (exact) mass is 290 g/mol. The van der Waals surface area contributed by atoms with Crippen LogP contribution in [0.4, 0.5) is 11.4 Å². The molecule has 1 unspecified atom stereocenters. The van der Waals surface area contributed by atoms with Gasteiger partial charge in [0.15, 0.2) is 0 Å². The van der Waals surface area contributed by atoms with Gasteiger partial charge in [0.25, 0.3) is 0 Å². The molecule has 0 spiro atoms. The van der Waals surface area contributed by atoms with Crippen molar-refractivity contribution in [2.45, 2.75) is 39.2 Å². The molecule has 2 aliphatic heterocycles. The summed E-state index contributed by atoms with van der Waals surface area (Å²) in [6, 6.07) is 9.45. The number of nitrogens with one attached hydrogen (secondary N) is 1. The standard InChI is InChI=1S/C17H26N2S/c1-17(2)11-14(12-20-13-17)18-15-7-3-4-8-16(15)19-9-5-6-10-19/h3-4,7-8,14,18H,5-6,9-13H2,1-2H3. The van der Waals surface area contributed by atoms with Crippen molar-refractivity contribution in [1.82, 2.24) is 0 Å². The van der Waals surface area contributed by atoms with Crippen molar-refractivity contribution in [3.8, 4) is 0 Å². The zero-order chi connectivity index (χ0) is 14.0. The highest BCUT2D eigenvalue weighted by molar-refractivity contribution is 7.99. The maximum Gasteiger partial charge on any atom is 0.0602 e. The lowest BCUT2D eigenvalue weighted by molar-refractivity contribution is 0.358. The molecule has 0 aromatic heterocycles. The van der Waals surface area contributed by atoms with Crippen molar-refractivity contribution in [3.05, 3.63) is 24.3 Å². The van der Waals surface area contributed by atoms with Crippen molar-refractivity contribution >= 4 is 23.1 Å². The molecule has 1 aromatic rings. The summed E-state index contributed by atoms with van der Waals surface area (Å²) in [5.74, 6) is 2.52. The molecule has 1 atom stereocenters. The second-order valence-electron chi connectivity index (χ2n) is 6.94. The quantitative estimate of drug-likeness (QED) is 0.897. The Bertz CT molecular complexity index is 452. The molecular formula is C17H26N2S. The van der Waals surface area contributed by atoms with Gasteiger partial charge in [0.1, 0.15) is 0 Å². The number of para-hydroxylation sites is 2. The summed E-state index contributed by atoms with van der Waals surface area (Å²) in [5, 5.41) is 3.82. The van der Waals surface area contributed by atoms with Crippen LogP contribution in [-0.2, 0) is 0 Å². The topological polar surface area (TPSA) is 15.3 Å². The van der Waals surface area contributed by atoms with Gasteiger partial charge in [0.2, 0.25) is 0 Å². The van der Waals surface area contributed by atoms with Gasteiger partial charge in [-0.25, -0.2) is 0 Å². The number of nitrogens with zero attached hydrogens (tertiary/aromatic N) is 1. The van der Waals surface area contributed by atoms with E-state index in [4.69, 9.17) is 0 Å². The Morgan fingerprint density at radius 2 is 1.95 bits per heavy atom. The van der Waals surface area contributed by atoms with Crippen molar-refractivity contribution in [2.24, 2.45) is 5.41 Å². The summed E-state index contributed by atoms with van der Waals surface area (Å²) in [6.07, 6.45) is 3.94. The molecule has 0 saturated carbocycles. The minimum atomic E-state index is 0.461. The van der Waals surface area contributed by atoms with Crippen molar-refractivity contribution in [3.63, 3.8) is 0 Å². The molecule has 20 heavy (non-hydrogen) atoms. The third-order valence-corrected chi connectivity index (χ3v) is 5.94. The number of thioether (sulfide) groups is 1. The summed E-state index contributed by atoms with van der Waals surface area (Å²) in [4.78, 5) is 2.53. The van der Waals surface area contributed by atoms with Crippen LogP contribution in [0.1, 0.15) is 33.1 Å². The summed E-state index contributed by atoms with van der Waals surface area (Å²) in [7, 11) is 0. The Balaban J connectivity index is 1.73. The molecule has 110 valence electrons. The van der Waals surface area contributed by atoms with E-state index in [1.807, 2.05) is 0 Å². The van der Waals surface area contributed by atoms with Crippen LogP contribution in [0.5, 0.6) is 0 Å². The van der Waals surface area contributed by atoms with Crippen LogP contribution in [0, 0.1) is 5.41 Å². The minimum absolute atomic E-state index is 0.461. The molecule has 0 amide bonds. The number of hydrogen-bond donors (Lipinski definition) is 1. The molecule has 0 bridgehead atoms. The Morgan fingerprint density at radius 1 is 1.20 bits per heavy atom. The van der Waals surface area contributed by atoms with Crippen LogP contribution in [0.25, 0.3) is 0 Å². The number of rotatable bonds is 3. The Labute approximate surface area is 127 Å². The highest BCUT2D eigenvalue weighted by Crippen LogP contribution is 2.36. The fraction of sp³-hybridized carbons (Fsp3) is 0.647. The van der Waals surface area contributed by atoms with Crippen LogP contribution in [0.15, 0.2) is 24.3 Å². The van der Waals surface area contributed by atoms with Gasteiger partial charge in [-0.2, -0.15) is 11.8 Å². The Kier molecular flexibility index (Phi) is 4.16. The van der Waals surface area contributed by atoms with Gasteiger partial charge in [0.05, 0.1) is 11.4 Å². The van der Waals surface area contributed by atoms with Crippen molar-refractivity contribution in [1.29, 1.82) is 0 Å². The van der Waals surface area contributed by atoms with Crippen LogP contribution in [0.3, 0.4) is 0 Å². The van der Waals surface area contributed by atoms with Crippen LogP contribution in [-0.4, -0.2) is 30.6 Å². The predicted molar refractivity (Wildman–Crippen MR) is 91.0 cm³/mol. The van der Waals surface area contributed by atoms with E-state index in [0.717, 1.165) is 0 Å². The van der Waals surface area contributed by atoms with Gasteiger partial charge in [-0.1, -0.05) is 26.0 Å². The van der Waals surface area contributed by atoms with E-state index in [9.17, 15) is 0 Å². The molecule has 2 aliphatic rings. The lowest BCUT2D eigenvalue weighted by Crippen LogP contribution is -2.35. The molecule has 1 aromatic carbocycles. The maximum atomic E-state index is 3.82. The third-order valence-electron chi connectivity index (χ3n) is 4.32. The highest BCUT2D eigenvalue weighted by Gasteiger charge is 2.29. The SMILES string of the molecule is CC1(C)CSCC(Nc2ccccc2N2CCCC2)C1. The molecule has 3 heteroatoms. The minimum Gasteiger partial charge on any atom is -0.380 e. The van der Waals surface area contributed by atoms with Crippen molar-refractivity contribution in [2.75, 3.05) is 34.8 Å². The van der Waals surface area contributed by atoms with E-state index in [1.165, 1.54) is 55.2 Å². The van der Waals surface area contributed by atoms with Crippen LogP contribution in [0.2, 0.25) is 0 Å². The fourth-order valence-electron chi connectivity index (χ4n) is 3.40.